The van der Waals surface area contributed by atoms with E-state index >= 15 is 0 Å². The van der Waals surface area contributed by atoms with Crippen LogP contribution in [0.25, 0.3) is 22.3 Å². The highest BCUT2D eigenvalue weighted by molar-refractivity contribution is 9.10. The first kappa shape index (κ1) is 15.9. The molecule has 2 aromatic heterocycles. The minimum absolute atomic E-state index is 0.244. The topological polar surface area (TPSA) is 60.2 Å². The van der Waals surface area contributed by atoms with Crippen LogP contribution < -0.4 is 0 Å². The van der Waals surface area contributed by atoms with Crippen LogP contribution in [0.2, 0.25) is 0 Å². The van der Waals surface area contributed by atoms with Gasteiger partial charge in [0.2, 0.25) is 5.95 Å². The van der Waals surface area contributed by atoms with Crippen molar-refractivity contribution < 1.29 is 17.2 Å². The molecule has 0 fully saturated rings. The van der Waals surface area contributed by atoms with E-state index in [1.165, 1.54) is 24.4 Å². The van der Waals surface area contributed by atoms with Gasteiger partial charge in [0.25, 0.3) is 0 Å². The second-order valence-corrected chi connectivity index (χ2v) is 7.70. The molecule has 0 unspecified atom stereocenters. The Bertz CT molecular complexity index is 948. The van der Waals surface area contributed by atoms with Gasteiger partial charge in [-0.05, 0) is 45.8 Å². The van der Waals surface area contributed by atoms with Crippen LogP contribution in [0, 0.1) is 5.95 Å². The summed E-state index contributed by atoms with van der Waals surface area (Å²) in [6, 6.07) is 9.36. The third-order valence-corrected chi connectivity index (χ3v) is 5.07. The molecular formula is C16H11BrFNO3S. The Hall–Kier alpha value is -1.99. The first-order valence-corrected chi connectivity index (χ1v) is 9.24. The Labute approximate surface area is 141 Å². The number of nitrogens with zero attached hydrogens (tertiary/aromatic N) is 1. The van der Waals surface area contributed by atoms with E-state index in [1.807, 2.05) is 0 Å². The van der Waals surface area contributed by atoms with Crippen molar-refractivity contribution >= 4 is 25.8 Å². The van der Waals surface area contributed by atoms with Crippen molar-refractivity contribution in [2.24, 2.45) is 0 Å². The van der Waals surface area contributed by atoms with Crippen molar-refractivity contribution in [1.29, 1.82) is 0 Å². The standard InChI is InChI=1S/C16H11BrFNO3S/c1-23(20,21)12-5-2-10(3-6-12)13-9-22-16(17)15(13)11-4-7-14(18)19-8-11/h2-9H,1H3. The van der Waals surface area contributed by atoms with Gasteiger partial charge in [-0.1, -0.05) is 12.1 Å². The van der Waals surface area contributed by atoms with Crippen LogP contribution in [0.5, 0.6) is 0 Å². The lowest BCUT2D eigenvalue weighted by molar-refractivity contribution is 0.543. The fourth-order valence-corrected chi connectivity index (χ4v) is 3.39. The summed E-state index contributed by atoms with van der Waals surface area (Å²) >= 11 is 3.33. The Morgan fingerprint density at radius 3 is 2.30 bits per heavy atom. The quantitative estimate of drug-likeness (QED) is 0.619. The molecule has 0 bridgehead atoms. The van der Waals surface area contributed by atoms with Gasteiger partial charge in [-0.3, -0.25) is 0 Å². The predicted molar refractivity (Wildman–Crippen MR) is 88.1 cm³/mol. The fraction of sp³-hybridized carbons (Fsp3) is 0.0625. The average Bonchev–Trinajstić information content (AvgIpc) is 2.89. The molecule has 0 N–H and O–H groups in total. The zero-order valence-corrected chi connectivity index (χ0v) is 14.4. The second-order valence-electron chi connectivity index (χ2n) is 4.96. The van der Waals surface area contributed by atoms with Gasteiger partial charge in [-0.25, -0.2) is 13.4 Å². The van der Waals surface area contributed by atoms with Crippen LogP contribution in [0.1, 0.15) is 0 Å². The molecule has 0 aliphatic carbocycles. The molecule has 2 heterocycles. The maximum absolute atomic E-state index is 13.0. The lowest BCUT2D eigenvalue weighted by Gasteiger charge is -2.05. The molecule has 0 spiro atoms. The minimum Gasteiger partial charge on any atom is -0.456 e. The number of furan rings is 1. The largest absolute Gasteiger partial charge is 0.456 e. The van der Waals surface area contributed by atoms with Crippen molar-refractivity contribution in [3.05, 3.63) is 59.5 Å². The van der Waals surface area contributed by atoms with Crippen LogP contribution in [0.4, 0.5) is 4.39 Å². The maximum Gasteiger partial charge on any atom is 0.212 e. The van der Waals surface area contributed by atoms with E-state index in [0.717, 1.165) is 22.9 Å². The summed E-state index contributed by atoms with van der Waals surface area (Å²) in [6.07, 6.45) is 4.13. The van der Waals surface area contributed by atoms with Crippen LogP contribution in [-0.2, 0) is 9.84 Å². The van der Waals surface area contributed by atoms with Gasteiger partial charge in [-0.15, -0.1) is 0 Å². The van der Waals surface area contributed by atoms with Crippen LogP contribution in [0.3, 0.4) is 0 Å². The van der Waals surface area contributed by atoms with E-state index in [9.17, 15) is 12.8 Å². The van der Waals surface area contributed by atoms with Crippen molar-refractivity contribution in [3.63, 3.8) is 0 Å². The van der Waals surface area contributed by atoms with E-state index in [-0.39, 0.29) is 4.90 Å². The highest BCUT2D eigenvalue weighted by Gasteiger charge is 2.16. The number of benzene rings is 1. The van der Waals surface area contributed by atoms with E-state index in [0.29, 0.717) is 10.2 Å². The molecule has 0 aliphatic heterocycles. The molecule has 1 aromatic carbocycles. The third kappa shape index (κ3) is 3.20. The number of halogens is 2. The van der Waals surface area contributed by atoms with Gasteiger partial charge >= 0.3 is 0 Å². The van der Waals surface area contributed by atoms with Gasteiger partial charge in [-0.2, -0.15) is 4.39 Å². The van der Waals surface area contributed by atoms with Gasteiger partial charge in [0.1, 0.15) is 6.26 Å². The molecule has 3 aromatic rings. The first-order valence-electron chi connectivity index (χ1n) is 6.55. The fourth-order valence-electron chi connectivity index (χ4n) is 2.22. The Morgan fingerprint density at radius 1 is 1.09 bits per heavy atom. The molecule has 4 nitrogen and oxygen atoms in total. The number of aromatic nitrogens is 1. The number of hydrogen-bond donors (Lipinski definition) is 0. The summed E-state index contributed by atoms with van der Waals surface area (Å²) in [5, 5.41) is 0. The second kappa shape index (κ2) is 5.90. The van der Waals surface area contributed by atoms with Gasteiger partial charge < -0.3 is 4.42 Å². The summed E-state index contributed by atoms with van der Waals surface area (Å²) in [5.74, 6) is -0.563. The van der Waals surface area contributed by atoms with E-state index in [2.05, 4.69) is 20.9 Å². The molecule has 0 radical (unpaired) electrons. The molecule has 7 heteroatoms. The number of sulfone groups is 1. The summed E-state index contributed by atoms with van der Waals surface area (Å²) in [7, 11) is -3.25. The smallest absolute Gasteiger partial charge is 0.212 e. The number of hydrogen-bond acceptors (Lipinski definition) is 4. The SMILES string of the molecule is CS(=O)(=O)c1ccc(-c2coc(Br)c2-c2ccc(F)nc2)cc1. The highest BCUT2D eigenvalue weighted by Crippen LogP contribution is 2.39. The van der Waals surface area contributed by atoms with Crippen LogP contribution >= 0.6 is 15.9 Å². The van der Waals surface area contributed by atoms with Crippen molar-refractivity contribution in [2.75, 3.05) is 6.26 Å². The van der Waals surface area contributed by atoms with Crippen LogP contribution in [-0.4, -0.2) is 19.7 Å². The highest BCUT2D eigenvalue weighted by atomic mass is 79.9. The van der Waals surface area contributed by atoms with E-state index < -0.39 is 15.8 Å². The number of pyridine rings is 1. The molecule has 0 aliphatic rings. The lowest BCUT2D eigenvalue weighted by Crippen LogP contribution is -1.96. The average molecular weight is 396 g/mol. The minimum atomic E-state index is -3.25. The first-order chi connectivity index (χ1) is 10.9. The van der Waals surface area contributed by atoms with Crippen molar-refractivity contribution in [3.8, 4) is 22.3 Å². The Kier molecular flexibility index (Phi) is 4.08. The maximum atomic E-state index is 13.0. The summed E-state index contributed by atoms with van der Waals surface area (Å²) in [5.41, 5.74) is 2.95. The van der Waals surface area contributed by atoms with Gasteiger partial charge in [0, 0.05) is 29.1 Å². The Morgan fingerprint density at radius 2 is 1.74 bits per heavy atom. The third-order valence-electron chi connectivity index (χ3n) is 3.36. The molecule has 23 heavy (non-hydrogen) atoms. The van der Waals surface area contributed by atoms with Gasteiger partial charge in [0.05, 0.1) is 4.90 Å². The monoisotopic (exact) mass is 395 g/mol. The van der Waals surface area contributed by atoms with Crippen molar-refractivity contribution in [2.45, 2.75) is 4.90 Å². The van der Waals surface area contributed by atoms with E-state index in [1.54, 1.807) is 24.5 Å². The summed E-state index contributed by atoms with van der Waals surface area (Å²) < 4.78 is 42.0. The van der Waals surface area contributed by atoms with E-state index in [4.69, 9.17) is 4.42 Å². The predicted octanol–water partition coefficient (Wildman–Crippen LogP) is 4.31. The molecule has 0 atom stereocenters. The van der Waals surface area contributed by atoms with Gasteiger partial charge in [0.15, 0.2) is 14.5 Å². The molecule has 0 saturated carbocycles. The Balaban J connectivity index is 2.10. The lowest BCUT2D eigenvalue weighted by atomic mass is 10.0. The zero-order valence-electron chi connectivity index (χ0n) is 12.0. The molecule has 118 valence electrons. The number of rotatable bonds is 3. The van der Waals surface area contributed by atoms with Crippen LogP contribution in [0.15, 0.2) is 62.8 Å². The molecule has 0 saturated heterocycles. The normalized spacial score (nSPS) is 11.6. The summed E-state index contributed by atoms with van der Waals surface area (Å²) in [4.78, 5) is 3.89. The van der Waals surface area contributed by atoms with Crippen molar-refractivity contribution in [1.82, 2.24) is 4.98 Å². The molecule has 3 rings (SSSR count). The molecular weight excluding hydrogens is 385 g/mol. The zero-order chi connectivity index (χ0) is 16.6. The molecule has 0 amide bonds. The summed E-state index contributed by atoms with van der Waals surface area (Å²) in [6.45, 7) is 0.